The zero-order valence-electron chi connectivity index (χ0n) is 13.8. The Hall–Kier alpha value is -1.55. The SMILES string of the molecule is CC(C)COc1ccccc1CNC(=O)[C@@H](N)C(C)(C)C. The maximum absolute atomic E-state index is 12.1. The van der Waals surface area contributed by atoms with Crippen molar-refractivity contribution in [3.8, 4) is 5.75 Å². The van der Waals surface area contributed by atoms with Crippen LogP contribution in [0.1, 0.15) is 40.2 Å². The van der Waals surface area contributed by atoms with Gasteiger partial charge in [-0.3, -0.25) is 4.79 Å². The molecule has 0 spiro atoms. The Kier molecular flexibility index (Phi) is 6.21. The molecule has 1 aromatic rings. The van der Waals surface area contributed by atoms with Crippen molar-refractivity contribution in [2.24, 2.45) is 17.1 Å². The standard InChI is InChI=1S/C17H28N2O2/c1-12(2)11-21-14-9-7-6-8-13(14)10-19-16(20)15(18)17(3,4)5/h6-9,12,15H,10-11,18H2,1-5H3,(H,19,20)/t15-/m1/s1. The maximum atomic E-state index is 12.1. The van der Waals surface area contributed by atoms with E-state index in [0.29, 0.717) is 19.1 Å². The van der Waals surface area contributed by atoms with Gasteiger partial charge < -0.3 is 15.8 Å². The first-order chi connectivity index (χ1) is 9.71. The molecule has 0 radical (unpaired) electrons. The third-order valence-electron chi connectivity index (χ3n) is 3.21. The predicted octanol–water partition coefficient (Wildman–Crippen LogP) is 2.71. The Bertz CT molecular complexity index is 464. The van der Waals surface area contributed by atoms with Crippen molar-refractivity contribution >= 4 is 5.91 Å². The number of ether oxygens (including phenoxy) is 1. The van der Waals surface area contributed by atoms with E-state index < -0.39 is 6.04 Å². The highest BCUT2D eigenvalue weighted by Gasteiger charge is 2.27. The monoisotopic (exact) mass is 292 g/mol. The number of hydrogen-bond acceptors (Lipinski definition) is 3. The van der Waals surface area contributed by atoms with Gasteiger partial charge in [0.15, 0.2) is 0 Å². The summed E-state index contributed by atoms with van der Waals surface area (Å²) < 4.78 is 5.78. The number of nitrogens with one attached hydrogen (secondary N) is 1. The van der Waals surface area contributed by atoms with Gasteiger partial charge in [0, 0.05) is 12.1 Å². The summed E-state index contributed by atoms with van der Waals surface area (Å²) in [6, 6.07) is 7.22. The van der Waals surface area contributed by atoms with Crippen molar-refractivity contribution in [1.82, 2.24) is 5.32 Å². The summed E-state index contributed by atoms with van der Waals surface area (Å²) in [6.45, 7) is 11.2. The minimum atomic E-state index is -0.527. The molecule has 0 aliphatic rings. The summed E-state index contributed by atoms with van der Waals surface area (Å²) in [6.07, 6.45) is 0. The molecule has 0 heterocycles. The normalized spacial score (nSPS) is 13.1. The van der Waals surface area contributed by atoms with Crippen LogP contribution >= 0.6 is 0 Å². The Morgan fingerprint density at radius 1 is 1.29 bits per heavy atom. The number of carbonyl (C=O) groups excluding carboxylic acids is 1. The summed E-state index contributed by atoms with van der Waals surface area (Å²) in [5, 5.41) is 2.89. The molecule has 21 heavy (non-hydrogen) atoms. The number of hydrogen-bond donors (Lipinski definition) is 2. The molecule has 118 valence electrons. The maximum Gasteiger partial charge on any atom is 0.237 e. The van der Waals surface area contributed by atoms with Crippen molar-refractivity contribution in [3.63, 3.8) is 0 Å². The molecule has 0 aliphatic carbocycles. The van der Waals surface area contributed by atoms with Crippen LogP contribution in [-0.2, 0) is 11.3 Å². The van der Waals surface area contributed by atoms with Gasteiger partial charge >= 0.3 is 0 Å². The van der Waals surface area contributed by atoms with Gasteiger partial charge in [-0.25, -0.2) is 0 Å². The van der Waals surface area contributed by atoms with E-state index in [4.69, 9.17) is 10.5 Å². The summed E-state index contributed by atoms with van der Waals surface area (Å²) in [7, 11) is 0. The Morgan fingerprint density at radius 2 is 1.90 bits per heavy atom. The molecule has 0 saturated heterocycles. The summed E-state index contributed by atoms with van der Waals surface area (Å²) in [5.74, 6) is 1.14. The minimum Gasteiger partial charge on any atom is -0.493 e. The number of rotatable bonds is 6. The van der Waals surface area contributed by atoms with E-state index >= 15 is 0 Å². The third kappa shape index (κ3) is 5.76. The highest BCUT2D eigenvalue weighted by Crippen LogP contribution is 2.20. The van der Waals surface area contributed by atoms with Gasteiger partial charge in [-0.1, -0.05) is 52.8 Å². The number of benzene rings is 1. The minimum absolute atomic E-state index is 0.138. The van der Waals surface area contributed by atoms with Gasteiger partial charge in [0.05, 0.1) is 12.6 Å². The Labute approximate surface area is 128 Å². The first-order valence-corrected chi connectivity index (χ1v) is 7.46. The second-order valence-electron chi connectivity index (χ2n) is 6.87. The van der Waals surface area contributed by atoms with Gasteiger partial charge in [0.1, 0.15) is 5.75 Å². The molecule has 1 aromatic carbocycles. The van der Waals surface area contributed by atoms with Crippen LogP contribution in [0.15, 0.2) is 24.3 Å². The zero-order chi connectivity index (χ0) is 16.0. The molecular weight excluding hydrogens is 264 g/mol. The lowest BCUT2D eigenvalue weighted by molar-refractivity contribution is -0.124. The first kappa shape index (κ1) is 17.5. The molecule has 1 rings (SSSR count). The first-order valence-electron chi connectivity index (χ1n) is 7.46. The van der Waals surface area contributed by atoms with Crippen LogP contribution in [0.2, 0.25) is 0 Å². The lowest BCUT2D eigenvalue weighted by Gasteiger charge is -2.26. The van der Waals surface area contributed by atoms with Gasteiger partial charge in [-0.05, 0) is 17.4 Å². The average Bonchev–Trinajstić information content (AvgIpc) is 2.41. The Morgan fingerprint density at radius 3 is 2.48 bits per heavy atom. The van der Waals surface area contributed by atoms with E-state index in [0.717, 1.165) is 11.3 Å². The van der Waals surface area contributed by atoms with Crippen LogP contribution in [0.3, 0.4) is 0 Å². The molecule has 1 atom stereocenters. The summed E-state index contributed by atoms with van der Waals surface area (Å²) >= 11 is 0. The molecule has 0 bridgehead atoms. The molecule has 3 N–H and O–H groups in total. The van der Waals surface area contributed by atoms with Gasteiger partial charge in [0.25, 0.3) is 0 Å². The van der Waals surface area contributed by atoms with Crippen LogP contribution in [-0.4, -0.2) is 18.6 Å². The topological polar surface area (TPSA) is 64.3 Å². The van der Waals surface area contributed by atoms with E-state index in [2.05, 4.69) is 19.2 Å². The van der Waals surface area contributed by atoms with Gasteiger partial charge in [-0.15, -0.1) is 0 Å². The lowest BCUT2D eigenvalue weighted by Crippen LogP contribution is -2.48. The van der Waals surface area contributed by atoms with E-state index in [-0.39, 0.29) is 11.3 Å². The highest BCUT2D eigenvalue weighted by atomic mass is 16.5. The second kappa shape index (κ2) is 7.46. The van der Waals surface area contributed by atoms with Crippen molar-refractivity contribution < 1.29 is 9.53 Å². The molecule has 4 nitrogen and oxygen atoms in total. The van der Waals surface area contributed by atoms with Crippen molar-refractivity contribution in [2.45, 2.75) is 47.2 Å². The number of para-hydroxylation sites is 1. The number of amides is 1. The summed E-state index contributed by atoms with van der Waals surface area (Å²) in [5.41, 5.74) is 6.66. The van der Waals surface area contributed by atoms with Crippen LogP contribution in [0.5, 0.6) is 5.75 Å². The van der Waals surface area contributed by atoms with E-state index in [1.807, 2.05) is 45.0 Å². The molecule has 0 aromatic heterocycles. The van der Waals surface area contributed by atoms with Crippen LogP contribution in [0.25, 0.3) is 0 Å². The Balaban J connectivity index is 2.65. The fraction of sp³-hybridized carbons (Fsp3) is 0.588. The van der Waals surface area contributed by atoms with Crippen molar-refractivity contribution in [1.29, 1.82) is 0 Å². The summed E-state index contributed by atoms with van der Waals surface area (Å²) in [4.78, 5) is 12.1. The van der Waals surface area contributed by atoms with Crippen LogP contribution < -0.4 is 15.8 Å². The quantitative estimate of drug-likeness (QED) is 0.847. The van der Waals surface area contributed by atoms with Crippen LogP contribution in [0.4, 0.5) is 0 Å². The zero-order valence-corrected chi connectivity index (χ0v) is 13.8. The smallest absolute Gasteiger partial charge is 0.237 e. The molecule has 0 saturated carbocycles. The van der Waals surface area contributed by atoms with Crippen LogP contribution in [0, 0.1) is 11.3 Å². The van der Waals surface area contributed by atoms with Crippen molar-refractivity contribution in [3.05, 3.63) is 29.8 Å². The molecule has 1 amide bonds. The molecular formula is C17H28N2O2. The average molecular weight is 292 g/mol. The van der Waals surface area contributed by atoms with E-state index in [1.54, 1.807) is 0 Å². The molecule has 0 unspecified atom stereocenters. The predicted molar refractivity (Wildman–Crippen MR) is 86.1 cm³/mol. The fourth-order valence-electron chi connectivity index (χ4n) is 1.73. The number of nitrogens with two attached hydrogens (primary N) is 1. The fourth-order valence-corrected chi connectivity index (χ4v) is 1.73. The molecule has 4 heteroatoms. The lowest BCUT2D eigenvalue weighted by atomic mass is 9.87. The van der Waals surface area contributed by atoms with Gasteiger partial charge in [0.2, 0.25) is 5.91 Å². The third-order valence-corrected chi connectivity index (χ3v) is 3.21. The number of carbonyl (C=O) groups is 1. The highest BCUT2D eigenvalue weighted by molar-refractivity contribution is 5.82. The van der Waals surface area contributed by atoms with E-state index in [1.165, 1.54) is 0 Å². The van der Waals surface area contributed by atoms with Crippen molar-refractivity contribution in [2.75, 3.05) is 6.61 Å². The molecule has 0 aliphatic heterocycles. The van der Waals surface area contributed by atoms with E-state index in [9.17, 15) is 4.79 Å². The second-order valence-corrected chi connectivity index (χ2v) is 6.87. The molecule has 0 fully saturated rings. The van der Waals surface area contributed by atoms with Gasteiger partial charge in [-0.2, -0.15) is 0 Å². The largest absolute Gasteiger partial charge is 0.493 e.